The van der Waals surface area contributed by atoms with Crippen molar-refractivity contribution in [1.82, 2.24) is 5.32 Å². The van der Waals surface area contributed by atoms with Gasteiger partial charge in [0.1, 0.15) is 0 Å². The molecule has 2 rings (SSSR count). The third-order valence-corrected chi connectivity index (χ3v) is 2.68. The van der Waals surface area contributed by atoms with Gasteiger partial charge in [-0.2, -0.15) is 0 Å². The van der Waals surface area contributed by atoms with E-state index in [1.54, 1.807) is 12.1 Å². The first-order valence-electron chi connectivity index (χ1n) is 5.24. The summed E-state index contributed by atoms with van der Waals surface area (Å²) in [4.78, 5) is 10.6. The number of nitro benzene ring substituents is 1. The van der Waals surface area contributed by atoms with Crippen LogP contribution in [0.15, 0.2) is 18.2 Å². The summed E-state index contributed by atoms with van der Waals surface area (Å²) in [6.45, 7) is 3.81. The molecule has 1 aliphatic heterocycles. The Kier molecular flexibility index (Phi) is 3.17. The van der Waals surface area contributed by atoms with Crippen LogP contribution in [-0.2, 0) is 4.74 Å². The van der Waals surface area contributed by atoms with E-state index in [-0.39, 0.29) is 16.7 Å². The maximum Gasteiger partial charge on any atom is 0.274 e. The van der Waals surface area contributed by atoms with Gasteiger partial charge < -0.3 is 10.1 Å². The number of aryl methyl sites for hydroxylation is 1. The second-order valence-corrected chi connectivity index (χ2v) is 3.90. The summed E-state index contributed by atoms with van der Waals surface area (Å²) in [6, 6.07) is 5.09. The second kappa shape index (κ2) is 4.59. The van der Waals surface area contributed by atoms with Crippen LogP contribution < -0.4 is 5.32 Å². The van der Waals surface area contributed by atoms with Crippen molar-refractivity contribution in [3.05, 3.63) is 39.4 Å². The van der Waals surface area contributed by atoms with E-state index in [2.05, 4.69) is 5.32 Å². The Morgan fingerprint density at radius 1 is 1.56 bits per heavy atom. The summed E-state index contributed by atoms with van der Waals surface area (Å²) in [6.07, 6.45) is 0. The molecule has 1 fully saturated rings. The van der Waals surface area contributed by atoms with Crippen LogP contribution in [0.1, 0.15) is 17.2 Å². The van der Waals surface area contributed by atoms with Crippen molar-refractivity contribution in [3.63, 3.8) is 0 Å². The summed E-state index contributed by atoms with van der Waals surface area (Å²) in [7, 11) is 0. The van der Waals surface area contributed by atoms with Crippen molar-refractivity contribution >= 4 is 5.69 Å². The highest BCUT2D eigenvalue weighted by molar-refractivity contribution is 5.44. The molecule has 1 atom stereocenters. The van der Waals surface area contributed by atoms with Gasteiger partial charge in [-0.3, -0.25) is 10.1 Å². The van der Waals surface area contributed by atoms with Gasteiger partial charge >= 0.3 is 0 Å². The fourth-order valence-electron chi connectivity index (χ4n) is 1.88. The molecule has 0 amide bonds. The quantitative estimate of drug-likeness (QED) is 0.609. The number of ether oxygens (including phenoxy) is 1. The maximum atomic E-state index is 10.9. The van der Waals surface area contributed by atoms with Crippen molar-refractivity contribution in [2.75, 3.05) is 19.8 Å². The molecule has 86 valence electrons. The van der Waals surface area contributed by atoms with Gasteiger partial charge in [0.05, 0.1) is 24.2 Å². The first-order chi connectivity index (χ1) is 7.68. The average molecular weight is 222 g/mol. The van der Waals surface area contributed by atoms with Crippen LogP contribution in [0.4, 0.5) is 5.69 Å². The largest absolute Gasteiger partial charge is 0.378 e. The smallest absolute Gasteiger partial charge is 0.274 e. The Labute approximate surface area is 93.6 Å². The highest BCUT2D eigenvalue weighted by Crippen LogP contribution is 2.27. The molecule has 5 nitrogen and oxygen atoms in total. The summed E-state index contributed by atoms with van der Waals surface area (Å²) >= 11 is 0. The zero-order valence-electron chi connectivity index (χ0n) is 9.10. The van der Waals surface area contributed by atoms with Gasteiger partial charge in [0.2, 0.25) is 0 Å². The van der Waals surface area contributed by atoms with Gasteiger partial charge in [-0.1, -0.05) is 11.6 Å². The highest BCUT2D eigenvalue weighted by atomic mass is 16.6. The average Bonchev–Trinajstić information content (AvgIpc) is 2.29. The maximum absolute atomic E-state index is 10.9. The molecule has 0 aliphatic carbocycles. The normalized spacial score (nSPS) is 20.7. The number of hydrogen-bond acceptors (Lipinski definition) is 4. The van der Waals surface area contributed by atoms with E-state index < -0.39 is 0 Å². The monoisotopic (exact) mass is 222 g/mol. The summed E-state index contributed by atoms with van der Waals surface area (Å²) in [5.41, 5.74) is 1.89. The Morgan fingerprint density at radius 2 is 2.38 bits per heavy atom. The predicted octanol–water partition coefficient (Wildman–Crippen LogP) is 1.56. The lowest BCUT2D eigenvalue weighted by Crippen LogP contribution is -2.34. The third kappa shape index (κ3) is 2.20. The van der Waals surface area contributed by atoms with Crippen LogP contribution in [0.3, 0.4) is 0 Å². The molecule has 5 heteroatoms. The molecule has 1 unspecified atom stereocenters. The minimum Gasteiger partial charge on any atom is -0.378 e. The number of morpholine rings is 1. The Morgan fingerprint density at radius 3 is 3.00 bits per heavy atom. The number of nitrogens with zero attached hydrogens (tertiary/aromatic N) is 1. The van der Waals surface area contributed by atoms with Crippen molar-refractivity contribution < 1.29 is 9.66 Å². The predicted molar refractivity (Wildman–Crippen MR) is 59.4 cm³/mol. The molecule has 1 aliphatic rings. The first kappa shape index (κ1) is 11.0. The summed E-state index contributed by atoms with van der Waals surface area (Å²) < 4.78 is 5.33. The van der Waals surface area contributed by atoms with E-state index in [1.165, 1.54) is 0 Å². The Bertz CT molecular complexity index is 400. The first-order valence-corrected chi connectivity index (χ1v) is 5.24. The van der Waals surface area contributed by atoms with Crippen LogP contribution >= 0.6 is 0 Å². The molecule has 0 aromatic heterocycles. The third-order valence-electron chi connectivity index (χ3n) is 2.68. The van der Waals surface area contributed by atoms with Gasteiger partial charge in [0, 0.05) is 18.2 Å². The molecule has 1 aromatic rings. The summed E-state index contributed by atoms with van der Waals surface area (Å²) in [5, 5.41) is 14.1. The molecule has 1 saturated heterocycles. The number of hydrogen-bond donors (Lipinski definition) is 1. The molecular weight excluding hydrogens is 208 g/mol. The fourth-order valence-corrected chi connectivity index (χ4v) is 1.88. The Balaban J connectivity index is 2.36. The van der Waals surface area contributed by atoms with Crippen molar-refractivity contribution in [1.29, 1.82) is 0 Å². The van der Waals surface area contributed by atoms with Crippen molar-refractivity contribution in [3.8, 4) is 0 Å². The molecule has 1 N–H and O–H groups in total. The van der Waals surface area contributed by atoms with Gasteiger partial charge in [-0.15, -0.1) is 0 Å². The van der Waals surface area contributed by atoms with Crippen LogP contribution in [0, 0.1) is 17.0 Å². The van der Waals surface area contributed by atoms with Crippen LogP contribution in [0.5, 0.6) is 0 Å². The van der Waals surface area contributed by atoms with E-state index in [1.807, 2.05) is 13.0 Å². The zero-order chi connectivity index (χ0) is 11.5. The van der Waals surface area contributed by atoms with E-state index in [9.17, 15) is 10.1 Å². The molecule has 0 spiro atoms. The SMILES string of the molecule is Cc1ccc([N+](=O)[O-])c(C2COCCN2)c1. The fraction of sp³-hybridized carbons (Fsp3) is 0.455. The molecule has 16 heavy (non-hydrogen) atoms. The van der Waals surface area contributed by atoms with Gasteiger partial charge in [-0.25, -0.2) is 0 Å². The lowest BCUT2D eigenvalue weighted by atomic mass is 10.0. The van der Waals surface area contributed by atoms with Crippen LogP contribution in [0.2, 0.25) is 0 Å². The molecule has 0 saturated carbocycles. The van der Waals surface area contributed by atoms with Crippen molar-refractivity contribution in [2.45, 2.75) is 13.0 Å². The van der Waals surface area contributed by atoms with Crippen LogP contribution in [0.25, 0.3) is 0 Å². The standard InChI is InChI=1S/C11H14N2O3/c1-8-2-3-11(13(14)15)9(6-8)10-7-16-5-4-12-10/h2-3,6,10,12H,4-5,7H2,1H3. The minimum absolute atomic E-state index is 0.0750. The minimum atomic E-state index is -0.342. The van der Waals surface area contributed by atoms with Gasteiger partial charge in [0.25, 0.3) is 5.69 Å². The molecule has 0 bridgehead atoms. The second-order valence-electron chi connectivity index (χ2n) is 3.90. The van der Waals surface area contributed by atoms with E-state index >= 15 is 0 Å². The topological polar surface area (TPSA) is 64.4 Å². The molecule has 0 radical (unpaired) electrons. The van der Waals surface area contributed by atoms with Crippen LogP contribution in [-0.4, -0.2) is 24.7 Å². The van der Waals surface area contributed by atoms with Crippen molar-refractivity contribution in [2.24, 2.45) is 0 Å². The molecular formula is C11H14N2O3. The number of rotatable bonds is 2. The van der Waals surface area contributed by atoms with E-state index in [4.69, 9.17) is 4.74 Å². The van der Waals surface area contributed by atoms with E-state index in [0.29, 0.717) is 18.8 Å². The number of nitrogens with one attached hydrogen (secondary N) is 1. The van der Waals surface area contributed by atoms with E-state index in [0.717, 1.165) is 12.1 Å². The Hall–Kier alpha value is -1.46. The molecule has 1 aromatic carbocycles. The highest BCUT2D eigenvalue weighted by Gasteiger charge is 2.23. The lowest BCUT2D eigenvalue weighted by molar-refractivity contribution is -0.385. The lowest BCUT2D eigenvalue weighted by Gasteiger charge is -2.24. The number of nitro groups is 1. The zero-order valence-corrected chi connectivity index (χ0v) is 9.10. The van der Waals surface area contributed by atoms with Gasteiger partial charge in [-0.05, 0) is 13.0 Å². The number of benzene rings is 1. The molecule has 1 heterocycles. The van der Waals surface area contributed by atoms with Gasteiger partial charge in [0.15, 0.2) is 0 Å². The summed E-state index contributed by atoms with van der Waals surface area (Å²) in [5.74, 6) is 0.